The molecule has 1 heterocycles. The van der Waals surface area contributed by atoms with Crippen LogP contribution in [0.2, 0.25) is 0 Å². The molecule has 0 saturated heterocycles. The zero-order chi connectivity index (χ0) is 17.2. The van der Waals surface area contributed by atoms with E-state index in [1.165, 1.54) is 0 Å². The standard InChI is InChI=1S/C17H18BrNO4S/c1-22-17(9-10-23-16-8-3-2-7-15(16)17)12-19-24(20,21)14-6-4-5-13(18)11-14/h2-8,11,19H,9-10,12H2,1H3. The summed E-state index contributed by atoms with van der Waals surface area (Å²) in [4.78, 5) is 0.212. The molecule has 1 unspecified atom stereocenters. The van der Waals surface area contributed by atoms with Crippen LogP contribution in [0, 0.1) is 0 Å². The summed E-state index contributed by atoms with van der Waals surface area (Å²) in [5.41, 5.74) is 0.115. The second kappa shape index (κ2) is 6.84. The summed E-state index contributed by atoms with van der Waals surface area (Å²) in [5, 5.41) is 0. The third-order valence-corrected chi connectivity index (χ3v) is 6.08. The van der Waals surface area contributed by atoms with Gasteiger partial charge in [-0.1, -0.05) is 40.2 Å². The molecule has 2 aromatic rings. The molecule has 1 aliphatic heterocycles. The van der Waals surface area contributed by atoms with Crippen LogP contribution in [-0.2, 0) is 20.4 Å². The van der Waals surface area contributed by atoms with Gasteiger partial charge in [0, 0.05) is 30.1 Å². The highest BCUT2D eigenvalue weighted by atomic mass is 79.9. The fourth-order valence-corrected chi connectivity index (χ4v) is 4.51. The molecule has 2 aromatic carbocycles. The summed E-state index contributed by atoms with van der Waals surface area (Å²) >= 11 is 3.29. The summed E-state index contributed by atoms with van der Waals surface area (Å²) < 4.78 is 39.9. The number of methoxy groups -OCH3 is 1. The van der Waals surface area contributed by atoms with Crippen LogP contribution in [0.25, 0.3) is 0 Å². The van der Waals surface area contributed by atoms with E-state index in [4.69, 9.17) is 9.47 Å². The summed E-state index contributed by atoms with van der Waals surface area (Å²) in [6, 6.07) is 14.2. The van der Waals surface area contributed by atoms with E-state index in [2.05, 4.69) is 20.7 Å². The third-order valence-electron chi connectivity index (χ3n) is 4.19. The van der Waals surface area contributed by atoms with Crippen LogP contribution in [0.15, 0.2) is 57.9 Å². The minimum Gasteiger partial charge on any atom is -0.493 e. The molecule has 0 radical (unpaired) electrons. The van der Waals surface area contributed by atoms with Gasteiger partial charge < -0.3 is 9.47 Å². The molecule has 5 nitrogen and oxygen atoms in total. The van der Waals surface area contributed by atoms with Gasteiger partial charge >= 0.3 is 0 Å². The van der Waals surface area contributed by atoms with Crippen LogP contribution in [0.4, 0.5) is 0 Å². The number of rotatable bonds is 5. The van der Waals surface area contributed by atoms with E-state index in [9.17, 15) is 8.42 Å². The lowest BCUT2D eigenvalue weighted by Crippen LogP contribution is -2.45. The predicted octanol–water partition coefficient (Wildman–Crippen LogP) is 3.05. The Hall–Kier alpha value is -1.41. The molecule has 0 amide bonds. The van der Waals surface area contributed by atoms with Crippen molar-refractivity contribution in [3.63, 3.8) is 0 Å². The summed E-state index contributed by atoms with van der Waals surface area (Å²) in [6.45, 7) is 0.613. The molecular weight excluding hydrogens is 394 g/mol. The molecule has 0 spiro atoms. The molecule has 0 aromatic heterocycles. The maximum absolute atomic E-state index is 12.6. The van der Waals surface area contributed by atoms with Crippen molar-refractivity contribution in [3.05, 3.63) is 58.6 Å². The number of halogens is 1. The number of fused-ring (bicyclic) bond motifs is 1. The second-order valence-corrected chi connectivity index (χ2v) is 8.26. The summed E-state index contributed by atoms with van der Waals surface area (Å²) in [6.07, 6.45) is 0.571. The molecule has 7 heteroatoms. The SMILES string of the molecule is COC1(CNS(=O)(=O)c2cccc(Br)c2)CCOc2ccccc21. The van der Waals surface area contributed by atoms with Gasteiger partial charge in [0.15, 0.2) is 0 Å². The zero-order valence-corrected chi connectivity index (χ0v) is 15.6. The van der Waals surface area contributed by atoms with Gasteiger partial charge in [0.05, 0.1) is 11.5 Å². The van der Waals surface area contributed by atoms with Crippen molar-refractivity contribution in [2.24, 2.45) is 0 Å². The highest BCUT2D eigenvalue weighted by Crippen LogP contribution is 2.39. The van der Waals surface area contributed by atoms with Crippen molar-refractivity contribution in [1.82, 2.24) is 4.72 Å². The minimum atomic E-state index is -3.63. The van der Waals surface area contributed by atoms with Gasteiger partial charge in [-0.15, -0.1) is 0 Å². The van der Waals surface area contributed by atoms with Crippen molar-refractivity contribution in [3.8, 4) is 5.75 Å². The number of para-hydroxylation sites is 1. The quantitative estimate of drug-likeness (QED) is 0.820. The van der Waals surface area contributed by atoms with Crippen LogP contribution in [0.1, 0.15) is 12.0 Å². The summed E-state index contributed by atoms with van der Waals surface area (Å²) in [7, 11) is -2.04. The Bertz CT molecular complexity index is 840. The van der Waals surface area contributed by atoms with E-state index in [-0.39, 0.29) is 11.4 Å². The van der Waals surface area contributed by atoms with Crippen LogP contribution in [0.5, 0.6) is 5.75 Å². The van der Waals surface area contributed by atoms with Crippen LogP contribution in [0.3, 0.4) is 0 Å². The van der Waals surface area contributed by atoms with E-state index in [1.54, 1.807) is 31.4 Å². The largest absolute Gasteiger partial charge is 0.493 e. The first kappa shape index (κ1) is 17.4. The first-order valence-corrected chi connectivity index (χ1v) is 9.77. The molecule has 0 bridgehead atoms. The molecule has 0 fully saturated rings. The molecular formula is C17H18BrNO4S. The highest BCUT2D eigenvalue weighted by molar-refractivity contribution is 9.10. The Balaban J connectivity index is 1.87. The lowest BCUT2D eigenvalue weighted by molar-refractivity contribution is -0.0395. The van der Waals surface area contributed by atoms with E-state index in [0.717, 1.165) is 11.3 Å². The van der Waals surface area contributed by atoms with E-state index >= 15 is 0 Å². The lowest BCUT2D eigenvalue weighted by atomic mass is 9.88. The van der Waals surface area contributed by atoms with Crippen molar-refractivity contribution in [2.75, 3.05) is 20.3 Å². The maximum atomic E-state index is 12.6. The Labute approximate surface area is 150 Å². The van der Waals surface area contributed by atoms with E-state index in [0.29, 0.717) is 17.5 Å². The Kier molecular flexibility index (Phi) is 4.96. The highest BCUT2D eigenvalue weighted by Gasteiger charge is 2.39. The number of hydrogen-bond acceptors (Lipinski definition) is 4. The van der Waals surface area contributed by atoms with Crippen LogP contribution in [-0.4, -0.2) is 28.7 Å². The molecule has 0 aliphatic carbocycles. The van der Waals surface area contributed by atoms with Gasteiger partial charge in [-0.05, 0) is 24.3 Å². The molecule has 3 rings (SSSR count). The molecule has 1 N–H and O–H groups in total. The van der Waals surface area contributed by atoms with Gasteiger partial charge in [-0.2, -0.15) is 0 Å². The molecule has 1 aliphatic rings. The maximum Gasteiger partial charge on any atom is 0.240 e. The number of nitrogens with one attached hydrogen (secondary N) is 1. The fourth-order valence-electron chi connectivity index (χ4n) is 2.83. The van der Waals surface area contributed by atoms with Gasteiger partial charge in [0.2, 0.25) is 10.0 Å². The predicted molar refractivity (Wildman–Crippen MR) is 94.6 cm³/mol. The van der Waals surface area contributed by atoms with Gasteiger partial charge in [-0.3, -0.25) is 0 Å². The van der Waals surface area contributed by atoms with Crippen molar-refractivity contribution in [1.29, 1.82) is 0 Å². The van der Waals surface area contributed by atoms with Gasteiger partial charge in [-0.25, -0.2) is 13.1 Å². The number of sulfonamides is 1. The van der Waals surface area contributed by atoms with Gasteiger partial charge in [0.25, 0.3) is 0 Å². The van der Waals surface area contributed by atoms with Crippen molar-refractivity contribution in [2.45, 2.75) is 16.9 Å². The Morgan fingerprint density at radius 1 is 1.25 bits per heavy atom. The first-order valence-electron chi connectivity index (χ1n) is 7.50. The first-order chi connectivity index (χ1) is 11.5. The normalized spacial score (nSPS) is 20.2. The average Bonchev–Trinajstić information content (AvgIpc) is 2.60. The molecule has 1 atom stereocenters. The molecule has 128 valence electrons. The Morgan fingerprint density at radius 2 is 2.04 bits per heavy atom. The monoisotopic (exact) mass is 411 g/mol. The topological polar surface area (TPSA) is 64.6 Å². The minimum absolute atomic E-state index is 0.138. The fraction of sp³-hybridized carbons (Fsp3) is 0.294. The van der Waals surface area contributed by atoms with Crippen molar-refractivity contribution >= 4 is 26.0 Å². The molecule has 0 saturated carbocycles. The zero-order valence-electron chi connectivity index (χ0n) is 13.2. The lowest BCUT2D eigenvalue weighted by Gasteiger charge is -2.37. The van der Waals surface area contributed by atoms with Crippen LogP contribution < -0.4 is 9.46 Å². The van der Waals surface area contributed by atoms with E-state index < -0.39 is 15.6 Å². The Morgan fingerprint density at radius 3 is 2.79 bits per heavy atom. The average molecular weight is 412 g/mol. The smallest absolute Gasteiger partial charge is 0.240 e. The molecule has 24 heavy (non-hydrogen) atoms. The van der Waals surface area contributed by atoms with Gasteiger partial charge in [0.1, 0.15) is 11.4 Å². The third kappa shape index (κ3) is 3.35. The number of benzene rings is 2. The van der Waals surface area contributed by atoms with Crippen molar-refractivity contribution < 1.29 is 17.9 Å². The summed E-state index contributed by atoms with van der Waals surface area (Å²) in [5.74, 6) is 0.729. The second-order valence-electron chi connectivity index (χ2n) is 5.57. The number of hydrogen-bond donors (Lipinski definition) is 1. The van der Waals surface area contributed by atoms with Crippen LogP contribution >= 0.6 is 15.9 Å². The number of ether oxygens (including phenoxy) is 2. The van der Waals surface area contributed by atoms with E-state index in [1.807, 2.05) is 24.3 Å².